The minimum Gasteiger partial charge on any atom is -0.432 e. The summed E-state index contributed by atoms with van der Waals surface area (Å²) >= 11 is 0. The van der Waals surface area contributed by atoms with Gasteiger partial charge in [0.2, 0.25) is 0 Å². The van der Waals surface area contributed by atoms with E-state index in [0.717, 1.165) is 13.1 Å². The Hall–Kier alpha value is -1.03. The summed E-state index contributed by atoms with van der Waals surface area (Å²) in [4.78, 5) is 6.18. The molecule has 12 heavy (non-hydrogen) atoms. The lowest BCUT2D eigenvalue weighted by molar-refractivity contribution is 0.520. The number of aromatic nitrogens is 1. The topological polar surface area (TPSA) is 41.3 Å². The van der Waals surface area contributed by atoms with Crippen LogP contribution in [0.1, 0.15) is 6.42 Å². The number of hydrogen-bond donors (Lipinski definition) is 1. The average molecular weight is 167 g/mol. The highest BCUT2D eigenvalue weighted by atomic mass is 16.4. The molecule has 4 heteroatoms. The Bertz CT molecular complexity index is 228. The summed E-state index contributed by atoms with van der Waals surface area (Å²) < 4.78 is 5.19. The van der Waals surface area contributed by atoms with Gasteiger partial charge in [0.25, 0.3) is 6.01 Å². The number of likely N-dealkylation sites (N-methyl/N-ethyl adjacent to an activating group) is 1. The van der Waals surface area contributed by atoms with E-state index < -0.39 is 0 Å². The highest BCUT2D eigenvalue weighted by Gasteiger charge is 2.21. The third kappa shape index (κ3) is 1.30. The van der Waals surface area contributed by atoms with Gasteiger partial charge >= 0.3 is 0 Å². The van der Waals surface area contributed by atoms with Crippen molar-refractivity contribution >= 4 is 6.01 Å². The van der Waals surface area contributed by atoms with Gasteiger partial charge < -0.3 is 14.6 Å². The van der Waals surface area contributed by atoms with Gasteiger partial charge in [0.05, 0.1) is 6.20 Å². The van der Waals surface area contributed by atoms with E-state index in [1.165, 1.54) is 6.42 Å². The fourth-order valence-corrected chi connectivity index (χ4v) is 1.52. The Labute approximate surface area is 71.6 Å². The van der Waals surface area contributed by atoms with Crippen LogP contribution < -0.4 is 10.2 Å². The van der Waals surface area contributed by atoms with Gasteiger partial charge in [0, 0.05) is 19.6 Å². The van der Waals surface area contributed by atoms with Crippen molar-refractivity contribution in [2.75, 3.05) is 25.0 Å². The molecule has 1 N–H and O–H groups in total. The number of nitrogens with one attached hydrogen (secondary N) is 1. The fraction of sp³-hybridized carbons (Fsp3) is 0.625. The van der Waals surface area contributed by atoms with Gasteiger partial charge in [-0.05, 0) is 13.0 Å². The lowest BCUT2D eigenvalue weighted by Crippen LogP contribution is -2.33. The molecule has 1 aliphatic heterocycles. The molecule has 1 aromatic rings. The fourth-order valence-electron chi connectivity index (χ4n) is 1.52. The van der Waals surface area contributed by atoms with E-state index in [1.807, 2.05) is 7.05 Å². The summed E-state index contributed by atoms with van der Waals surface area (Å²) in [5, 5.41) is 3.30. The second-order valence-electron chi connectivity index (χ2n) is 3.07. The molecule has 0 spiro atoms. The van der Waals surface area contributed by atoms with Crippen molar-refractivity contribution in [1.29, 1.82) is 0 Å². The number of anilines is 1. The first-order valence-corrected chi connectivity index (χ1v) is 4.21. The SMILES string of the molecule is CN(c1ncco1)C1CCNC1. The number of rotatable bonds is 2. The maximum Gasteiger partial charge on any atom is 0.297 e. The molecule has 1 aliphatic rings. The van der Waals surface area contributed by atoms with Crippen molar-refractivity contribution in [2.24, 2.45) is 0 Å². The first kappa shape index (κ1) is 7.61. The van der Waals surface area contributed by atoms with Crippen LogP contribution in [0.4, 0.5) is 6.01 Å². The minimum atomic E-state index is 0.531. The molecule has 0 amide bonds. The number of hydrogen-bond acceptors (Lipinski definition) is 4. The van der Waals surface area contributed by atoms with Crippen molar-refractivity contribution < 1.29 is 4.42 Å². The highest BCUT2D eigenvalue weighted by Crippen LogP contribution is 2.14. The van der Waals surface area contributed by atoms with Crippen LogP contribution in [0.2, 0.25) is 0 Å². The van der Waals surface area contributed by atoms with E-state index in [4.69, 9.17) is 4.42 Å². The number of oxazole rings is 1. The Morgan fingerprint density at radius 2 is 2.67 bits per heavy atom. The Morgan fingerprint density at radius 1 is 1.75 bits per heavy atom. The van der Waals surface area contributed by atoms with E-state index in [0.29, 0.717) is 12.1 Å². The summed E-state index contributed by atoms with van der Waals surface area (Å²) in [5.41, 5.74) is 0. The van der Waals surface area contributed by atoms with Crippen molar-refractivity contribution in [1.82, 2.24) is 10.3 Å². The zero-order valence-corrected chi connectivity index (χ0v) is 7.16. The second kappa shape index (κ2) is 3.15. The summed E-state index contributed by atoms with van der Waals surface area (Å²) in [6.45, 7) is 2.12. The molecule has 0 aliphatic carbocycles. The Kier molecular flexibility index (Phi) is 1.99. The van der Waals surface area contributed by atoms with Crippen LogP contribution in [0, 0.1) is 0 Å². The van der Waals surface area contributed by atoms with Gasteiger partial charge in [0.15, 0.2) is 0 Å². The van der Waals surface area contributed by atoms with Crippen molar-refractivity contribution in [3.8, 4) is 0 Å². The van der Waals surface area contributed by atoms with Crippen molar-refractivity contribution in [3.63, 3.8) is 0 Å². The zero-order valence-electron chi connectivity index (χ0n) is 7.16. The van der Waals surface area contributed by atoms with Gasteiger partial charge in [-0.25, -0.2) is 4.98 Å². The first-order valence-electron chi connectivity index (χ1n) is 4.21. The van der Waals surface area contributed by atoms with Crippen LogP contribution in [0.15, 0.2) is 16.9 Å². The first-order chi connectivity index (χ1) is 5.88. The van der Waals surface area contributed by atoms with Gasteiger partial charge in [-0.2, -0.15) is 0 Å². The molecule has 1 atom stereocenters. The van der Waals surface area contributed by atoms with E-state index in [2.05, 4.69) is 15.2 Å². The quantitative estimate of drug-likeness (QED) is 0.695. The maximum absolute atomic E-state index is 5.19. The van der Waals surface area contributed by atoms with E-state index in [9.17, 15) is 0 Å². The molecule has 2 rings (SSSR count). The third-order valence-electron chi connectivity index (χ3n) is 2.30. The molecule has 1 fully saturated rings. The molecule has 1 unspecified atom stereocenters. The predicted molar refractivity (Wildman–Crippen MR) is 46.2 cm³/mol. The van der Waals surface area contributed by atoms with Crippen LogP contribution >= 0.6 is 0 Å². The Morgan fingerprint density at radius 3 is 3.25 bits per heavy atom. The second-order valence-corrected chi connectivity index (χ2v) is 3.07. The van der Waals surface area contributed by atoms with Gasteiger partial charge in [0.1, 0.15) is 6.26 Å². The standard InChI is InChI=1S/C8H13N3O/c1-11(7-2-3-9-6-7)8-10-4-5-12-8/h4-5,7,9H,2-3,6H2,1H3. The molecule has 0 bridgehead atoms. The molecule has 0 aromatic carbocycles. The number of nitrogens with zero attached hydrogens (tertiary/aromatic N) is 2. The van der Waals surface area contributed by atoms with Gasteiger partial charge in [-0.15, -0.1) is 0 Å². The summed E-state index contributed by atoms with van der Waals surface area (Å²) in [7, 11) is 2.02. The molecule has 2 heterocycles. The third-order valence-corrected chi connectivity index (χ3v) is 2.30. The van der Waals surface area contributed by atoms with Gasteiger partial charge in [-0.1, -0.05) is 0 Å². The average Bonchev–Trinajstić information content (AvgIpc) is 2.77. The van der Waals surface area contributed by atoms with Gasteiger partial charge in [-0.3, -0.25) is 0 Å². The van der Waals surface area contributed by atoms with Crippen LogP contribution in [0.3, 0.4) is 0 Å². The highest BCUT2D eigenvalue weighted by molar-refractivity contribution is 5.25. The molecule has 0 radical (unpaired) electrons. The van der Waals surface area contributed by atoms with Crippen LogP contribution in [-0.2, 0) is 0 Å². The molecule has 1 saturated heterocycles. The molecule has 66 valence electrons. The normalized spacial score (nSPS) is 22.9. The molecular formula is C8H13N3O. The lowest BCUT2D eigenvalue weighted by Gasteiger charge is -2.21. The predicted octanol–water partition coefficient (Wildman–Crippen LogP) is 0.473. The molecule has 4 nitrogen and oxygen atoms in total. The minimum absolute atomic E-state index is 0.531. The molecule has 1 aromatic heterocycles. The van der Waals surface area contributed by atoms with E-state index >= 15 is 0 Å². The summed E-state index contributed by atoms with van der Waals surface area (Å²) in [6, 6.07) is 1.24. The monoisotopic (exact) mass is 167 g/mol. The van der Waals surface area contributed by atoms with E-state index in [-0.39, 0.29) is 0 Å². The lowest BCUT2D eigenvalue weighted by atomic mass is 10.2. The molecule has 0 saturated carbocycles. The smallest absolute Gasteiger partial charge is 0.297 e. The van der Waals surface area contributed by atoms with Crippen molar-refractivity contribution in [2.45, 2.75) is 12.5 Å². The Balaban J connectivity index is 2.04. The zero-order chi connectivity index (χ0) is 8.39. The summed E-state index contributed by atoms with van der Waals surface area (Å²) in [5.74, 6) is 0. The largest absolute Gasteiger partial charge is 0.432 e. The maximum atomic E-state index is 5.19. The van der Waals surface area contributed by atoms with Crippen LogP contribution in [0.5, 0.6) is 0 Å². The summed E-state index contributed by atoms with van der Waals surface area (Å²) in [6.07, 6.45) is 4.45. The van der Waals surface area contributed by atoms with Crippen molar-refractivity contribution in [3.05, 3.63) is 12.5 Å². The molecular weight excluding hydrogens is 154 g/mol. The van der Waals surface area contributed by atoms with Crippen LogP contribution in [0.25, 0.3) is 0 Å². The van der Waals surface area contributed by atoms with E-state index in [1.54, 1.807) is 12.5 Å². The van der Waals surface area contributed by atoms with Crippen LogP contribution in [-0.4, -0.2) is 31.2 Å².